The lowest BCUT2D eigenvalue weighted by Crippen LogP contribution is -2.03. The number of carbonyl (C=O) groups is 1. The predicted octanol–water partition coefficient (Wildman–Crippen LogP) is 2.55. The number of hydrogen-bond donors (Lipinski definition) is 1. The van der Waals surface area contributed by atoms with E-state index in [0.29, 0.717) is 6.54 Å². The minimum Gasteiger partial charge on any atom is -0.476 e. The van der Waals surface area contributed by atoms with Crippen molar-refractivity contribution in [1.82, 2.24) is 9.78 Å². The minimum absolute atomic E-state index is 0.00292. The highest BCUT2D eigenvalue weighted by molar-refractivity contribution is 5.87. The van der Waals surface area contributed by atoms with Crippen LogP contribution in [-0.4, -0.2) is 20.9 Å². The lowest BCUT2D eigenvalue weighted by atomic mass is 10.1. The predicted molar refractivity (Wildman–Crippen MR) is 60.2 cm³/mol. The van der Waals surface area contributed by atoms with Crippen LogP contribution in [-0.2, 0) is 6.54 Å². The number of benzene rings is 1. The van der Waals surface area contributed by atoms with E-state index in [0.717, 1.165) is 18.2 Å². The fourth-order valence-corrected chi connectivity index (χ4v) is 1.67. The van der Waals surface area contributed by atoms with E-state index in [-0.39, 0.29) is 17.0 Å². The molecule has 0 radical (unpaired) electrons. The smallest absolute Gasteiger partial charge is 0.356 e. The van der Waals surface area contributed by atoms with Crippen LogP contribution in [0.2, 0.25) is 0 Å². The minimum atomic E-state index is -1.21. The maximum Gasteiger partial charge on any atom is 0.356 e. The number of hydrogen-bond acceptors (Lipinski definition) is 2. The maximum atomic E-state index is 13.6. The van der Waals surface area contributed by atoms with Gasteiger partial charge in [0.15, 0.2) is 5.69 Å². The van der Waals surface area contributed by atoms with Crippen LogP contribution in [0.25, 0.3) is 11.3 Å². The molecule has 0 aliphatic carbocycles. The lowest BCUT2D eigenvalue weighted by Gasteiger charge is -2.05. The molecule has 0 bridgehead atoms. The summed E-state index contributed by atoms with van der Waals surface area (Å²) in [4.78, 5) is 10.8. The van der Waals surface area contributed by atoms with Crippen LogP contribution in [0.5, 0.6) is 0 Å². The van der Waals surface area contributed by atoms with E-state index in [1.807, 2.05) is 0 Å². The lowest BCUT2D eigenvalue weighted by molar-refractivity contribution is 0.0689. The average molecular weight is 252 g/mol. The Morgan fingerprint density at radius 3 is 2.72 bits per heavy atom. The molecule has 1 N–H and O–H groups in total. The van der Waals surface area contributed by atoms with Gasteiger partial charge in [-0.05, 0) is 31.2 Å². The van der Waals surface area contributed by atoms with Crippen molar-refractivity contribution in [1.29, 1.82) is 0 Å². The molecule has 0 aliphatic rings. The Bertz CT molecular complexity index is 608. The van der Waals surface area contributed by atoms with Crippen molar-refractivity contribution in [3.8, 4) is 11.3 Å². The van der Waals surface area contributed by atoms with E-state index < -0.39 is 17.6 Å². The number of aromatic nitrogens is 2. The van der Waals surface area contributed by atoms with Crippen LogP contribution >= 0.6 is 0 Å². The Morgan fingerprint density at radius 2 is 2.11 bits per heavy atom. The molecule has 18 heavy (non-hydrogen) atoms. The maximum absolute atomic E-state index is 13.6. The SMILES string of the molecule is CCn1nc(C(=O)O)cc1-c1cc(F)ccc1F. The van der Waals surface area contributed by atoms with Gasteiger partial charge in [0, 0.05) is 12.1 Å². The largest absolute Gasteiger partial charge is 0.476 e. The highest BCUT2D eigenvalue weighted by Gasteiger charge is 2.16. The number of halogens is 2. The van der Waals surface area contributed by atoms with Crippen molar-refractivity contribution < 1.29 is 18.7 Å². The molecule has 0 aliphatic heterocycles. The number of rotatable bonds is 3. The van der Waals surface area contributed by atoms with Gasteiger partial charge in [-0.25, -0.2) is 13.6 Å². The van der Waals surface area contributed by atoms with Crippen LogP contribution in [0.15, 0.2) is 24.3 Å². The van der Waals surface area contributed by atoms with Gasteiger partial charge in [-0.1, -0.05) is 0 Å². The van der Waals surface area contributed by atoms with Gasteiger partial charge in [0.05, 0.1) is 5.69 Å². The Kier molecular flexibility index (Phi) is 3.10. The molecule has 0 fully saturated rings. The van der Waals surface area contributed by atoms with Gasteiger partial charge in [0.1, 0.15) is 11.6 Å². The second-order valence-corrected chi connectivity index (χ2v) is 3.66. The number of aromatic carboxylic acids is 1. The fraction of sp³-hybridized carbons (Fsp3) is 0.167. The average Bonchev–Trinajstić information content (AvgIpc) is 2.76. The summed E-state index contributed by atoms with van der Waals surface area (Å²) in [7, 11) is 0. The molecule has 0 spiro atoms. The Hall–Kier alpha value is -2.24. The third kappa shape index (κ3) is 2.09. The molecule has 0 unspecified atom stereocenters. The molecule has 0 saturated heterocycles. The molecule has 1 aromatic carbocycles. The van der Waals surface area contributed by atoms with E-state index in [1.54, 1.807) is 6.92 Å². The van der Waals surface area contributed by atoms with Gasteiger partial charge in [0.25, 0.3) is 0 Å². The molecule has 0 saturated carbocycles. The van der Waals surface area contributed by atoms with Gasteiger partial charge in [-0.15, -0.1) is 0 Å². The first-order chi connectivity index (χ1) is 8.52. The molecular weight excluding hydrogens is 242 g/mol. The van der Waals surface area contributed by atoms with Crippen molar-refractivity contribution in [3.05, 3.63) is 41.6 Å². The molecule has 2 rings (SSSR count). The summed E-state index contributed by atoms with van der Waals surface area (Å²) in [5, 5.41) is 12.6. The highest BCUT2D eigenvalue weighted by Crippen LogP contribution is 2.24. The summed E-state index contributed by atoms with van der Waals surface area (Å²) < 4.78 is 28.1. The Balaban J connectivity index is 2.62. The van der Waals surface area contributed by atoms with Gasteiger partial charge >= 0.3 is 5.97 Å². The van der Waals surface area contributed by atoms with E-state index in [4.69, 9.17) is 5.11 Å². The molecule has 1 heterocycles. The Morgan fingerprint density at radius 1 is 1.39 bits per heavy atom. The monoisotopic (exact) mass is 252 g/mol. The molecule has 4 nitrogen and oxygen atoms in total. The van der Waals surface area contributed by atoms with Gasteiger partial charge < -0.3 is 5.11 Å². The van der Waals surface area contributed by atoms with Crippen molar-refractivity contribution in [2.45, 2.75) is 13.5 Å². The summed E-state index contributed by atoms with van der Waals surface area (Å²) in [5.41, 5.74) is 0.0410. The van der Waals surface area contributed by atoms with Crippen molar-refractivity contribution in [2.24, 2.45) is 0 Å². The summed E-state index contributed by atoms with van der Waals surface area (Å²) in [5.74, 6) is -2.42. The summed E-state index contributed by atoms with van der Waals surface area (Å²) in [6.45, 7) is 2.10. The van der Waals surface area contributed by atoms with E-state index in [9.17, 15) is 13.6 Å². The fourth-order valence-electron chi connectivity index (χ4n) is 1.67. The van der Waals surface area contributed by atoms with Crippen molar-refractivity contribution >= 4 is 5.97 Å². The van der Waals surface area contributed by atoms with Gasteiger partial charge in [-0.3, -0.25) is 4.68 Å². The third-order valence-corrected chi connectivity index (χ3v) is 2.50. The van der Waals surface area contributed by atoms with Crippen LogP contribution in [0.1, 0.15) is 17.4 Å². The van der Waals surface area contributed by atoms with E-state index in [1.165, 1.54) is 10.7 Å². The normalized spacial score (nSPS) is 10.6. The number of aryl methyl sites for hydroxylation is 1. The van der Waals surface area contributed by atoms with Crippen LogP contribution in [0.4, 0.5) is 8.78 Å². The second kappa shape index (κ2) is 4.56. The second-order valence-electron chi connectivity index (χ2n) is 3.66. The molecule has 0 amide bonds. The summed E-state index contributed by atoms with van der Waals surface area (Å²) >= 11 is 0. The molecule has 2 aromatic rings. The zero-order chi connectivity index (χ0) is 13.3. The molecular formula is C12H10F2N2O2. The standard InChI is InChI=1S/C12H10F2N2O2/c1-2-16-11(6-10(15-16)12(17)18)8-5-7(13)3-4-9(8)14/h3-6H,2H2,1H3,(H,17,18). The van der Waals surface area contributed by atoms with Crippen LogP contribution < -0.4 is 0 Å². The molecule has 0 atom stereocenters. The number of nitrogens with zero attached hydrogens (tertiary/aromatic N) is 2. The number of carboxylic acid groups (broad SMARTS) is 1. The van der Waals surface area contributed by atoms with Crippen molar-refractivity contribution in [3.63, 3.8) is 0 Å². The zero-order valence-electron chi connectivity index (χ0n) is 9.52. The van der Waals surface area contributed by atoms with Gasteiger partial charge in [-0.2, -0.15) is 5.10 Å². The quantitative estimate of drug-likeness (QED) is 0.913. The van der Waals surface area contributed by atoms with E-state index >= 15 is 0 Å². The van der Waals surface area contributed by atoms with Gasteiger partial charge in [0.2, 0.25) is 0 Å². The zero-order valence-corrected chi connectivity index (χ0v) is 9.52. The molecule has 6 heteroatoms. The topological polar surface area (TPSA) is 55.1 Å². The number of carboxylic acids is 1. The summed E-state index contributed by atoms with van der Waals surface area (Å²) in [6.07, 6.45) is 0. The first-order valence-corrected chi connectivity index (χ1v) is 5.29. The van der Waals surface area contributed by atoms with Crippen molar-refractivity contribution in [2.75, 3.05) is 0 Å². The highest BCUT2D eigenvalue weighted by atomic mass is 19.1. The molecule has 94 valence electrons. The van der Waals surface area contributed by atoms with E-state index in [2.05, 4.69) is 5.10 Å². The van der Waals surface area contributed by atoms with Crippen LogP contribution in [0.3, 0.4) is 0 Å². The first kappa shape index (κ1) is 12.2. The Labute approximate surface area is 101 Å². The molecule has 1 aromatic heterocycles. The third-order valence-electron chi connectivity index (χ3n) is 2.50. The van der Waals surface area contributed by atoms with Crippen LogP contribution in [0, 0.1) is 11.6 Å². The first-order valence-electron chi connectivity index (χ1n) is 5.29. The summed E-state index contributed by atoms with van der Waals surface area (Å²) in [6, 6.07) is 4.25.